The molecular formula is C15H23N3O2. The number of carbonyl (C=O) groups excluding carboxylic acids is 2. The van der Waals surface area contributed by atoms with E-state index in [4.69, 9.17) is 5.73 Å². The summed E-state index contributed by atoms with van der Waals surface area (Å²) in [5.74, 6) is -0.0962. The molecule has 0 unspecified atom stereocenters. The number of amides is 2. The Balaban J connectivity index is 2.78. The van der Waals surface area contributed by atoms with Gasteiger partial charge in [-0.15, -0.1) is 0 Å². The van der Waals surface area contributed by atoms with Crippen molar-refractivity contribution in [3.63, 3.8) is 0 Å². The Hall–Kier alpha value is -2.04. The molecule has 0 aliphatic rings. The Morgan fingerprint density at radius 2 is 1.80 bits per heavy atom. The summed E-state index contributed by atoms with van der Waals surface area (Å²) in [6.07, 6.45) is 0.302. The van der Waals surface area contributed by atoms with Crippen molar-refractivity contribution in [3.05, 3.63) is 29.8 Å². The number of rotatable bonds is 5. The minimum absolute atomic E-state index is 0.0221. The second-order valence-corrected chi connectivity index (χ2v) is 5.40. The third kappa shape index (κ3) is 3.73. The number of nitrogens with one attached hydrogen (secondary N) is 1. The number of nitrogen functional groups attached to an aromatic ring is 1. The second-order valence-electron chi connectivity index (χ2n) is 5.40. The van der Waals surface area contributed by atoms with Gasteiger partial charge in [0.2, 0.25) is 11.8 Å². The molecule has 0 saturated heterocycles. The first-order valence-electron chi connectivity index (χ1n) is 6.61. The molecule has 0 bridgehead atoms. The fraction of sp³-hybridized carbons (Fsp3) is 0.467. The highest BCUT2D eigenvalue weighted by Crippen LogP contribution is 2.26. The van der Waals surface area contributed by atoms with Crippen molar-refractivity contribution in [2.24, 2.45) is 0 Å². The van der Waals surface area contributed by atoms with Crippen LogP contribution in [0.2, 0.25) is 0 Å². The topological polar surface area (TPSA) is 75.4 Å². The maximum Gasteiger partial charge on any atom is 0.232 e. The zero-order valence-corrected chi connectivity index (χ0v) is 12.6. The van der Waals surface area contributed by atoms with E-state index in [-0.39, 0.29) is 11.8 Å². The lowest BCUT2D eigenvalue weighted by molar-refractivity contribution is -0.135. The Morgan fingerprint density at radius 1 is 1.25 bits per heavy atom. The summed E-state index contributed by atoms with van der Waals surface area (Å²) in [5, 5.41) is 2.55. The Bertz CT molecular complexity index is 480. The van der Waals surface area contributed by atoms with Gasteiger partial charge in [-0.05, 0) is 31.5 Å². The predicted octanol–water partition coefficient (Wildman–Crippen LogP) is 1.14. The van der Waals surface area contributed by atoms with Crippen LogP contribution in [0.25, 0.3) is 0 Å². The van der Waals surface area contributed by atoms with E-state index in [1.54, 1.807) is 31.1 Å². The quantitative estimate of drug-likeness (QED) is 0.793. The average molecular weight is 277 g/mol. The molecule has 0 radical (unpaired) electrons. The predicted molar refractivity (Wildman–Crippen MR) is 80.2 cm³/mol. The highest BCUT2D eigenvalue weighted by Gasteiger charge is 2.32. The number of benzene rings is 1. The van der Waals surface area contributed by atoms with Crippen molar-refractivity contribution < 1.29 is 9.59 Å². The summed E-state index contributed by atoms with van der Waals surface area (Å²) in [5.41, 5.74) is 6.59. The SMILES string of the molecule is CNC(=O)CCN(C)C(=O)C(C)(C)c1ccc(N)cc1. The number of likely N-dealkylation sites (N-methyl/N-ethyl adjacent to an activating group) is 1. The van der Waals surface area contributed by atoms with Gasteiger partial charge in [-0.2, -0.15) is 0 Å². The van der Waals surface area contributed by atoms with Crippen LogP contribution in [-0.2, 0) is 15.0 Å². The van der Waals surface area contributed by atoms with Gasteiger partial charge in [0.05, 0.1) is 5.41 Å². The molecular weight excluding hydrogens is 254 g/mol. The first-order valence-corrected chi connectivity index (χ1v) is 6.61. The van der Waals surface area contributed by atoms with Crippen LogP contribution in [0, 0.1) is 0 Å². The zero-order valence-electron chi connectivity index (χ0n) is 12.6. The summed E-state index contributed by atoms with van der Waals surface area (Å²) in [6.45, 7) is 4.14. The van der Waals surface area contributed by atoms with Crippen LogP contribution in [-0.4, -0.2) is 37.4 Å². The molecule has 20 heavy (non-hydrogen) atoms. The van der Waals surface area contributed by atoms with Crippen molar-refractivity contribution in [3.8, 4) is 0 Å². The summed E-state index contributed by atoms with van der Waals surface area (Å²) in [4.78, 5) is 25.3. The summed E-state index contributed by atoms with van der Waals surface area (Å²) in [6, 6.07) is 7.30. The number of anilines is 1. The van der Waals surface area contributed by atoms with Crippen molar-refractivity contribution in [1.82, 2.24) is 10.2 Å². The van der Waals surface area contributed by atoms with Crippen LogP contribution < -0.4 is 11.1 Å². The molecule has 0 aliphatic heterocycles. The minimum atomic E-state index is -0.648. The lowest BCUT2D eigenvalue weighted by atomic mass is 9.83. The maximum absolute atomic E-state index is 12.5. The van der Waals surface area contributed by atoms with E-state index in [1.165, 1.54) is 0 Å². The van der Waals surface area contributed by atoms with E-state index in [9.17, 15) is 9.59 Å². The van der Waals surface area contributed by atoms with E-state index >= 15 is 0 Å². The van der Waals surface area contributed by atoms with Gasteiger partial charge in [-0.25, -0.2) is 0 Å². The molecule has 0 aliphatic carbocycles. The maximum atomic E-state index is 12.5. The molecule has 5 nitrogen and oxygen atoms in total. The molecule has 0 saturated carbocycles. The van der Waals surface area contributed by atoms with Gasteiger partial charge < -0.3 is 16.0 Å². The standard InChI is InChI=1S/C15H23N3O2/c1-15(2,11-5-7-12(16)8-6-11)14(20)18(4)10-9-13(19)17-3/h5-8H,9-10,16H2,1-4H3,(H,17,19). The highest BCUT2D eigenvalue weighted by atomic mass is 16.2. The monoisotopic (exact) mass is 277 g/mol. The third-order valence-corrected chi connectivity index (χ3v) is 3.47. The van der Waals surface area contributed by atoms with E-state index < -0.39 is 5.41 Å². The van der Waals surface area contributed by atoms with Crippen LogP contribution in [0.3, 0.4) is 0 Å². The molecule has 1 aromatic carbocycles. The van der Waals surface area contributed by atoms with Gasteiger partial charge in [0.15, 0.2) is 0 Å². The minimum Gasteiger partial charge on any atom is -0.399 e. The lowest BCUT2D eigenvalue weighted by Crippen LogP contribution is -2.42. The largest absolute Gasteiger partial charge is 0.399 e. The van der Waals surface area contributed by atoms with Crippen molar-refractivity contribution in [2.75, 3.05) is 26.4 Å². The molecule has 1 aromatic rings. The van der Waals surface area contributed by atoms with E-state index in [0.717, 1.165) is 5.56 Å². The Kier molecular flexibility index (Phi) is 5.13. The van der Waals surface area contributed by atoms with E-state index in [2.05, 4.69) is 5.32 Å². The number of hydrogen-bond acceptors (Lipinski definition) is 3. The van der Waals surface area contributed by atoms with Gasteiger partial charge in [0.1, 0.15) is 0 Å². The number of nitrogens with two attached hydrogens (primary N) is 1. The average Bonchev–Trinajstić information content (AvgIpc) is 2.43. The van der Waals surface area contributed by atoms with Crippen LogP contribution >= 0.6 is 0 Å². The van der Waals surface area contributed by atoms with Gasteiger partial charge in [-0.1, -0.05) is 12.1 Å². The first kappa shape index (κ1) is 16.0. The van der Waals surface area contributed by atoms with Crippen LogP contribution in [0.4, 0.5) is 5.69 Å². The summed E-state index contributed by atoms with van der Waals surface area (Å²) >= 11 is 0. The van der Waals surface area contributed by atoms with Gasteiger partial charge in [0, 0.05) is 32.7 Å². The van der Waals surface area contributed by atoms with E-state index in [0.29, 0.717) is 18.7 Å². The Labute approximate surface area is 120 Å². The molecule has 0 spiro atoms. The molecule has 0 heterocycles. The summed E-state index contributed by atoms with van der Waals surface area (Å²) in [7, 11) is 3.30. The fourth-order valence-electron chi connectivity index (χ4n) is 2.00. The van der Waals surface area contributed by atoms with Gasteiger partial charge in [-0.3, -0.25) is 9.59 Å². The van der Waals surface area contributed by atoms with Crippen LogP contribution in [0.5, 0.6) is 0 Å². The number of hydrogen-bond donors (Lipinski definition) is 2. The number of nitrogens with zero attached hydrogens (tertiary/aromatic N) is 1. The van der Waals surface area contributed by atoms with Crippen LogP contribution in [0.1, 0.15) is 25.8 Å². The molecule has 0 fully saturated rings. The highest BCUT2D eigenvalue weighted by molar-refractivity contribution is 5.87. The number of carbonyl (C=O) groups is 2. The smallest absolute Gasteiger partial charge is 0.232 e. The molecule has 5 heteroatoms. The molecule has 0 atom stereocenters. The lowest BCUT2D eigenvalue weighted by Gasteiger charge is -2.29. The molecule has 2 amide bonds. The molecule has 3 N–H and O–H groups in total. The van der Waals surface area contributed by atoms with Crippen LogP contribution in [0.15, 0.2) is 24.3 Å². The third-order valence-electron chi connectivity index (χ3n) is 3.47. The molecule has 1 rings (SSSR count). The summed E-state index contributed by atoms with van der Waals surface area (Å²) < 4.78 is 0. The van der Waals surface area contributed by atoms with E-state index in [1.807, 2.05) is 26.0 Å². The van der Waals surface area contributed by atoms with Crippen molar-refractivity contribution in [2.45, 2.75) is 25.7 Å². The van der Waals surface area contributed by atoms with Crippen molar-refractivity contribution in [1.29, 1.82) is 0 Å². The normalized spacial score (nSPS) is 11.0. The Morgan fingerprint density at radius 3 is 2.30 bits per heavy atom. The molecule has 110 valence electrons. The molecule has 0 aromatic heterocycles. The van der Waals surface area contributed by atoms with Gasteiger partial charge in [0.25, 0.3) is 0 Å². The second kappa shape index (κ2) is 6.41. The zero-order chi connectivity index (χ0) is 15.3. The fourth-order valence-corrected chi connectivity index (χ4v) is 2.00. The first-order chi connectivity index (χ1) is 9.28. The van der Waals surface area contributed by atoms with Gasteiger partial charge >= 0.3 is 0 Å². The van der Waals surface area contributed by atoms with Crippen molar-refractivity contribution >= 4 is 17.5 Å².